The summed E-state index contributed by atoms with van der Waals surface area (Å²) in [5.74, 6) is 16.1. The highest BCUT2D eigenvalue weighted by molar-refractivity contribution is 7.32. The normalized spacial score (nSPS) is 12.7. The predicted molar refractivity (Wildman–Crippen MR) is 509 cm³/mol. The zero-order chi connectivity index (χ0) is 78.6. The SMILES string of the molecule is CCCCCCc1cc(-c2ccc(-c3sc4cc(-c5ccc(-c6cc7sc(-c8ccc(-c9cc(CCCCCC)sc9C#C[Si](C(C)C)(C(C)C)C(C)C)cc8)c(C#C[Si](C(C)C)(C(C)C)C(C)C)c7s6)c6sc(C)cc56)sc4c3C#C[Si](C(C)C)(C(C)C)C(C)C)cc2)c(C#C[Si](C(C)C)(C(C)C)C(C)C)s1. The van der Waals surface area contributed by atoms with Gasteiger partial charge in [0.2, 0.25) is 0 Å². The Balaban J connectivity index is 1.07. The van der Waals surface area contributed by atoms with Crippen LogP contribution in [0, 0.1) is 52.8 Å². The fraction of sp³-hybridized carbons (Fsp3) is 0.505. The van der Waals surface area contributed by atoms with Crippen molar-refractivity contribution in [3.05, 3.63) is 127 Å². The summed E-state index contributed by atoms with van der Waals surface area (Å²) in [5, 5.41) is 1.34. The van der Waals surface area contributed by atoms with E-state index in [0.717, 1.165) is 12.8 Å². The highest BCUT2D eigenvalue weighted by Gasteiger charge is 2.45. The molecule has 10 aromatic rings. The zero-order valence-corrected chi connectivity index (χ0v) is 80.7. The van der Waals surface area contributed by atoms with Gasteiger partial charge in [0.25, 0.3) is 0 Å². The van der Waals surface area contributed by atoms with Gasteiger partial charge in [0, 0.05) is 66.1 Å². The second kappa shape index (κ2) is 36.3. The molecule has 108 heavy (non-hydrogen) atoms. The van der Waals surface area contributed by atoms with Crippen molar-refractivity contribution in [2.75, 3.05) is 0 Å². The lowest BCUT2D eigenvalue weighted by molar-refractivity contribution is 0.670. The lowest BCUT2D eigenvalue weighted by Gasteiger charge is -2.38. The molecule has 0 atom stereocenters. The van der Waals surface area contributed by atoms with Crippen molar-refractivity contribution in [2.45, 2.75) is 318 Å². The molecule has 0 spiro atoms. The van der Waals surface area contributed by atoms with E-state index in [1.807, 2.05) is 79.4 Å². The van der Waals surface area contributed by atoms with Crippen LogP contribution in [0.2, 0.25) is 66.5 Å². The molecule has 574 valence electrons. The molecule has 3 aromatic carbocycles. The number of aryl methyl sites for hydroxylation is 3. The summed E-state index contributed by atoms with van der Waals surface area (Å²) in [4.78, 5) is 12.0. The van der Waals surface area contributed by atoms with Crippen molar-refractivity contribution in [3.63, 3.8) is 0 Å². The molecule has 0 fully saturated rings. The van der Waals surface area contributed by atoms with E-state index in [0.29, 0.717) is 66.5 Å². The van der Waals surface area contributed by atoms with Crippen LogP contribution in [0.5, 0.6) is 0 Å². The summed E-state index contributed by atoms with van der Waals surface area (Å²) in [6.07, 6.45) is 12.4. The monoisotopic (exact) mass is 1630 g/mol. The highest BCUT2D eigenvalue weighted by Crippen LogP contribution is 2.54. The van der Waals surface area contributed by atoms with Gasteiger partial charge in [-0.05, 0) is 152 Å². The third-order valence-corrected chi connectivity index (χ3v) is 58.6. The Bertz CT molecular complexity index is 4600. The molecule has 0 aliphatic heterocycles. The van der Waals surface area contributed by atoms with E-state index in [1.165, 1.54) is 180 Å². The van der Waals surface area contributed by atoms with E-state index in [9.17, 15) is 0 Å². The summed E-state index contributed by atoms with van der Waals surface area (Å²) in [6.45, 7) is 65.5. The molecule has 0 N–H and O–H groups in total. The number of fused-ring (bicyclic) bond motifs is 3. The minimum absolute atomic E-state index is 0.532. The quantitative estimate of drug-likeness (QED) is 0.0260. The summed E-state index contributed by atoms with van der Waals surface area (Å²) < 4.78 is 6.67. The largest absolute Gasteiger partial charge is 0.146 e. The van der Waals surface area contributed by atoms with Gasteiger partial charge in [-0.1, -0.05) is 303 Å². The van der Waals surface area contributed by atoms with E-state index in [2.05, 4.69) is 324 Å². The van der Waals surface area contributed by atoms with Crippen LogP contribution in [0.25, 0.3) is 92.9 Å². The van der Waals surface area contributed by atoms with Crippen molar-refractivity contribution >= 4 is 141 Å². The maximum atomic E-state index is 4.24. The van der Waals surface area contributed by atoms with Gasteiger partial charge in [-0.3, -0.25) is 0 Å². The Labute approximate surface area is 688 Å². The molecule has 11 heteroatoms. The molecule has 0 amide bonds. The third-order valence-electron chi connectivity index (χ3n) is 25.2. The van der Waals surface area contributed by atoms with Crippen molar-refractivity contribution in [2.24, 2.45) is 0 Å². The average Bonchev–Trinajstić information content (AvgIpc) is 1.59. The minimum atomic E-state index is -2.10. The molecule has 0 unspecified atom stereocenters. The van der Waals surface area contributed by atoms with Gasteiger partial charge in [0.05, 0.1) is 40.0 Å². The molecule has 0 aliphatic rings. The van der Waals surface area contributed by atoms with Crippen LogP contribution in [-0.4, -0.2) is 32.3 Å². The molecule has 7 aromatic heterocycles. The number of thiophene rings is 7. The average molecular weight is 1630 g/mol. The van der Waals surface area contributed by atoms with Gasteiger partial charge in [0.1, 0.15) is 32.3 Å². The molecule has 0 nitrogen and oxygen atoms in total. The third kappa shape index (κ3) is 17.1. The molecular weight excluding hydrogens is 1500 g/mol. The van der Waals surface area contributed by atoms with E-state index >= 15 is 0 Å². The Hall–Kier alpha value is -4.55. The van der Waals surface area contributed by atoms with Crippen LogP contribution in [0.1, 0.15) is 267 Å². The first-order valence-corrected chi connectivity index (χ1v) is 56.1. The zero-order valence-electron chi connectivity index (χ0n) is 71.0. The smallest absolute Gasteiger partial charge is 0.140 e. The molecule has 0 radical (unpaired) electrons. The number of rotatable bonds is 28. The topological polar surface area (TPSA) is 0 Å². The number of hydrogen-bond acceptors (Lipinski definition) is 7. The molecule has 0 saturated heterocycles. The Morgan fingerprint density at radius 3 is 0.944 bits per heavy atom. The van der Waals surface area contributed by atoms with Gasteiger partial charge in [-0.15, -0.1) is 102 Å². The Kier molecular flexibility index (Phi) is 28.9. The summed E-state index contributed by atoms with van der Waals surface area (Å²) in [6, 6.07) is 36.5. The maximum Gasteiger partial charge on any atom is 0.146 e. The second-order valence-corrected chi connectivity index (χ2v) is 65.3. The Morgan fingerprint density at radius 2 is 0.611 bits per heavy atom. The number of benzene rings is 3. The lowest BCUT2D eigenvalue weighted by Crippen LogP contribution is -2.43. The minimum Gasteiger partial charge on any atom is -0.140 e. The molecule has 0 saturated carbocycles. The van der Waals surface area contributed by atoms with Crippen molar-refractivity contribution in [1.82, 2.24) is 0 Å². The van der Waals surface area contributed by atoms with E-state index in [-0.39, 0.29) is 0 Å². The van der Waals surface area contributed by atoms with Crippen LogP contribution in [0.3, 0.4) is 0 Å². The maximum absolute atomic E-state index is 4.24. The standard InChI is InChI=1S/C97H128S7Si4/c1-28-30-32-34-36-78-57-84(87(99-78)50-54-107(67(15)16,68(17)18)69(19)20)74-38-42-76(43-39-74)93-82(48-52-105(61(3)4,62(5)6)63(7)8)96-91(103-93)59-89(101-96)80-46-47-81(95-86(80)56-73(27)98-95)90-60-92-97(102-90)83(49-53-106(64(9)10,65(11)12)66(13)14)94(104-92)77-44-40-75(41-45-77)85-58-79(37-35-33-31-29-2)100-88(85)51-55-108(70(21)22,71(23)24)72(25)26/h38-47,56-72H,28-37H2,1-27H3. The molecule has 0 bridgehead atoms. The van der Waals surface area contributed by atoms with Crippen LogP contribution >= 0.6 is 79.4 Å². The van der Waals surface area contributed by atoms with Crippen LogP contribution < -0.4 is 0 Å². The van der Waals surface area contributed by atoms with E-state index in [4.69, 9.17) is 0 Å². The molecule has 0 aliphatic carbocycles. The lowest BCUT2D eigenvalue weighted by atomic mass is 10.0. The van der Waals surface area contributed by atoms with Gasteiger partial charge >= 0.3 is 0 Å². The van der Waals surface area contributed by atoms with Gasteiger partial charge in [-0.2, -0.15) is 0 Å². The first-order chi connectivity index (χ1) is 51.2. The molecule has 7 heterocycles. The van der Waals surface area contributed by atoms with Gasteiger partial charge < -0.3 is 0 Å². The summed E-state index contributed by atoms with van der Waals surface area (Å²) in [5.41, 5.74) is 36.2. The molecule has 10 rings (SSSR count). The van der Waals surface area contributed by atoms with Crippen molar-refractivity contribution in [1.29, 1.82) is 0 Å². The van der Waals surface area contributed by atoms with Crippen molar-refractivity contribution < 1.29 is 0 Å². The highest BCUT2D eigenvalue weighted by atomic mass is 32.1. The second-order valence-electron chi connectivity index (χ2n) is 35.3. The van der Waals surface area contributed by atoms with Gasteiger partial charge in [0.15, 0.2) is 0 Å². The number of hydrogen-bond donors (Lipinski definition) is 0. The van der Waals surface area contributed by atoms with E-state index < -0.39 is 32.3 Å². The first kappa shape index (κ1) is 85.9. The predicted octanol–water partition coefficient (Wildman–Crippen LogP) is 34.4. The van der Waals surface area contributed by atoms with E-state index in [1.54, 1.807) is 0 Å². The fourth-order valence-corrected chi connectivity index (χ4v) is 49.0. The van der Waals surface area contributed by atoms with Crippen LogP contribution in [0.4, 0.5) is 0 Å². The van der Waals surface area contributed by atoms with Gasteiger partial charge in [-0.25, -0.2) is 0 Å². The number of unbranched alkanes of at least 4 members (excludes halogenated alkanes) is 6. The summed E-state index contributed by atoms with van der Waals surface area (Å²) in [7, 11) is -8.09. The molecular formula is C97H128S7Si4. The summed E-state index contributed by atoms with van der Waals surface area (Å²) >= 11 is 13.7. The van der Waals surface area contributed by atoms with Crippen LogP contribution in [0.15, 0.2) is 91.0 Å². The fourth-order valence-electron chi connectivity index (χ4n) is 19.5. The Morgan fingerprint density at radius 1 is 0.296 bits per heavy atom. The van der Waals surface area contributed by atoms with Crippen LogP contribution in [-0.2, 0) is 12.8 Å². The van der Waals surface area contributed by atoms with Crippen molar-refractivity contribution in [3.8, 4) is 110 Å². The first-order valence-electron chi connectivity index (χ1n) is 41.5.